The van der Waals surface area contributed by atoms with Crippen molar-refractivity contribution >= 4 is 11.5 Å². The summed E-state index contributed by atoms with van der Waals surface area (Å²) in [5.41, 5.74) is 7.45. The van der Waals surface area contributed by atoms with Crippen molar-refractivity contribution < 1.29 is 0 Å². The van der Waals surface area contributed by atoms with Gasteiger partial charge in [-0.3, -0.25) is 0 Å². The lowest BCUT2D eigenvalue weighted by molar-refractivity contribution is 1.10. The molecule has 0 spiro atoms. The van der Waals surface area contributed by atoms with Gasteiger partial charge in [0.15, 0.2) is 0 Å². The molecule has 0 fully saturated rings. The highest BCUT2D eigenvalue weighted by Crippen LogP contribution is 2.14. The van der Waals surface area contributed by atoms with Crippen LogP contribution < -0.4 is 11.1 Å². The van der Waals surface area contributed by atoms with Crippen molar-refractivity contribution in [1.29, 1.82) is 0 Å². The second kappa shape index (κ2) is 3.23. The van der Waals surface area contributed by atoms with Crippen LogP contribution in [0.2, 0.25) is 0 Å². The number of rotatable bonds is 2. The first-order chi connectivity index (χ1) is 5.27. The highest BCUT2D eigenvalue weighted by molar-refractivity contribution is 5.51. The number of nitrogens with zero attached hydrogens (tertiary/aromatic N) is 1. The maximum Gasteiger partial charge on any atom is 0.129 e. The Bertz CT molecular complexity index is 245. The quantitative estimate of drug-likeness (QED) is 0.669. The third-order valence-electron chi connectivity index (χ3n) is 1.61. The zero-order chi connectivity index (χ0) is 8.27. The molecular formula is C8H13N3. The molecule has 0 aliphatic carbocycles. The molecule has 3 nitrogen and oxygen atoms in total. The third kappa shape index (κ3) is 1.61. The Morgan fingerprint density at radius 1 is 1.64 bits per heavy atom. The molecule has 0 amide bonds. The molecule has 0 aliphatic rings. The first kappa shape index (κ1) is 7.85. The molecule has 0 aliphatic heterocycles. The summed E-state index contributed by atoms with van der Waals surface area (Å²) in [6, 6.07) is 1.94. The zero-order valence-corrected chi connectivity index (χ0v) is 6.89. The Morgan fingerprint density at radius 3 is 2.91 bits per heavy atom. The summed E-state index contributed by atoms with van der Waals surface area (Å²) < 4.78 is 0. The molecule has 0 aromatic carbocycles. The molecule has 1 rings (SSSR count). The van der Waals surface area contributed by atoms with Crippen LogP contribution in [0.15, 0.2) is 12.3 Å². The average Bonchev–Trinajstić information content (AvgIpc) is 2.04. The van der Waals surface area contributed by atoms with E-state index in [1.807, 2.05) is 13.1 Å². The van der Waals surface area contributed by atoms with Gasteiger partial charge < -0.3 is 11.1 Å². The van der Waals surface area contributed by atoms with Crippen molar-refractivity contribution in [2.24, 2.45) is 0 Å². The van der Waals surface area contributed by atoms with Crippen molar-refractivity contribution in [2.45, 2.75) is 13.3 Å². The molecule has 1 heterocycles. The maximum absolute atomic E-state index is 5.57. The van der Waals surface area contributed by atoms with Crippen LogP contribution in [0.4, 0.5) is 11.5 Å². The molecule has 0 saturated heterocycles. The lowest BCUT2D eigenvalue weighted by Crippen LogP contribution is -1.99. The van der Waals surface area contributed by atoms with Crippen molar-refractivity contribution in [3.8, 4) is 0 Å². The fourth-order valence-electron chi connectivity index (χ4n) is 1.02. The standard InChI is InChI=1S/C8H13N3/c1-3-6-4-7(9)5-11-8(6)10-2/h4-5H,3,9H2,1-2H3,(H,10,11). The second-order valence-electron chi connectivity index (χ2n) is 2.38. The minimum Gasteiger partial charge on any atom is -0.397 e. The second-order valence-corrected chi connectivity index (χ2v) is 2.38. The summed E-state index contributed by atoms with van der Waals surface area (Å²) in [4.78, 5) is 4.13. The van der Waals surface area contributed by atoms with Crippen LogP contribution in [0.3, 0.4) is 0 Å². The molecule has 3 N–H and O–H groups in total. The third-order valence-corrected chi connectivity index (χ3v) is 1.61. The van der Waals surface area contributed by atoms with E-state index in [0.29, 0.717) is 0 Å². The molecule has 0 atom stereocenters. The first-order valence-electron chi connectivity index (χ1n) is 3.70. The van der Waals surface area contributed by atoms with Gasteiger partial charge in [-0.2, -0.15) is 0 Å². The van der Waals surface area contributed by atoms with E-state index in [9.17, 15) is 0 Å². The van der Waals surface area contributed by atoms with Gasteiger partial charge >= 0.3 is 0 Å². The molecule has 1 aromatic rings. The van der Waals surface area contributed by atoms with Crippen LogP contribution in [0.5, 0.6) is 0 Å². The summed E-state index contributed by atoms with van der Waals surface area (Å²) in [5, 5.41) is 3.01. The normalized spacial score (nSPS) is 9.64. The topological polar surface area (TPSA) is 50.9 Å². The minimum atomic E-state index is 0.723. The molecule has 60 valence electrons. The molecule has 0 unspecified atom stereocenters. The number of pyridine rings is 1. The van der Waals surface area contributed by atoms with Gasteiger partial charge in [-0.1, -0.05) is 6.92 Å². The lowest BCUT2D eigenvalue weighted by atomic mass is 10.2. The van der Waals surface area contributed by atoms with Crippen molar-refractivity contribution in [3.63, 3.8) is 0 Å². The van der Waals surface area contributed by atoms with E-state index in [1.54, 1.807) is 6.20 Å². The highest BCUT2D eigenvalue weighted by Gasteiger charge is 1.98. The number of anilines is 2. The monoisotopic (exact) mass is 151 g/mol. The van der Waals surface area contributed by atoms with E-state index in [1.165, 1.54) is 0 Å². The van der Waals surface area contributed by atoms with Gasteiger partial charge in [0.1, 0.15) is 5.82 Å². The smallest absolute Gasteiger partial charge is 0.129 e. The summed E-state index contributed by atoms with van der Waals surface area (Å²) in [6.45, 7) is 2.08. The number of nitrogens with two attached hydrogens (primary N) is 1. The average molecular weight is 151 g/mol. The number of aryl methyl sites for hydroxylation is 1. The van der Waals surface area contributed by atoms with E-state index < -0.39 is 0 Å². The number of hydrogen-bond acceptors (Lipinski definition) is 3. The van der Waals surface area contributed by atoms with Gasteiger partial charge in [0.2, 0.25) is 0 Å². The Hall–Kier alpha value is -1.25. The molecule has 11 heavy (non-hydrogen) atoms. The Labute approximate surface area is 66.6 Å². The largest absolute Gasteiger partial charge is 0.397 e. The minimum absolute atomic E-state index is 0.723. The molecule has 0 radical (unpaired) electrons. The Kier molecular flexibility index (Phi) is 2.31. The molecule has 3 heteroatoms. The zero-order valence-electron chi connectivity index (χ0n) is 6.89. The van der Waals surface area contributed by atoms with Crippen molar-refractivity contribution in [2.75, 3.05) is 18.1 Å². The fraction of sp³-hybridized carbons (Fsp3) is 0.375. The summed E-state index contributed by atoms with van der Waals surface area (Å²) in [6.07, 6.45) is 2.61. The molecular weight excluding hydrogens is 138 g/mol. The van der Waals surface area contributed by atoms with Gasteiger partial charge in [-0.15, -0.1) is 0 Å². The van der Waals surface area contributed by atoms with Gasteiger partial charge in [0, 0.05) is 7.05 Å². The van der Waals surface area contributed by atoms with E-state index in [4.69, 9.17) is 5.73 Å². The van der Waals surface area contributed by atoms with Gasteiger partial charge in [0.05, 0.1) is 11.9 Å². The first-order valence-corrected chi connectivity index (χ1v) is 3.70. The summed E-state index contributed by atoms with van der Waals surface area (Å²) >= 11 is 0. The maximum atomic E-state index is 5.57. The van der Waals surface area contributed by atoms with Crippen LogP contribution in [-0.2, 0) is 6.42 Å². The number of hydrogen-bond donors (Lipinski definition) is 2. The predicted octanol–water partition coefficient (Wildman–Crippen LogP) is 1.27. The fourth-order valence-corrected chi connectivity index (χ4v) is 1.02. The molecule has 0 saturated carbocycles. The lowest BCUT2D eigenvalue weighted by Gasteiger charge is -2.05. The molecule has 0 bridgehead atoms. The van der Waals surface area contributed by atoms with Gasteiger partial charge in [-0.25, -0.2) is 4.98 Å². The van der Waals surface area contributed by atoms with Crippen LogP contribution >= 0.6 is 0 Å². The van der Waals surface area contributed by atoms with Gasteiger partial charge in [0.25, 0.3) is 0 Å². The van der Waals surface area contributed by atoms with Crippen molar-refractivity contribution in [3.05, 3.63) is 17.8 Å². The van der Waals surface area contributed by atoms with E-state index in [-0.39, 0.29) is 0 Å². The SMILES string of the molecule is CCc1cc(N)cnc1NC. The van der Waals surface area contributed by atoms with E-state index in [2.05, 4.69) is 17.2 Å². The van der Waals surface area contributed by atoms with Crippen LogP contribution in [0, 0.1) is 0 Å². The summed E-state index contributed by atoms with van der Waals surface area (Å²) in [5.74, 6) is 0.918. The number of nitrogen functional groups attached to an aromatic ring is 1. The van der Waals surface area contributed by atoms with Crippen LogP contribution in [0.25, 0.3) is 0 Å². The molecule has 1 aromatic heterocycles. The highest BCUT2D eigenvalue weighted by atomic mass is 15.0. The Balaban J connectivity index is 3.06. The van der Waals surface area contributed by atoms with Crippen LogP contribution in [0.1, 0.15) is 12.5 Å². The number of aromatic nitrogens is 1. The number of nitrogens with one attached hydrogen (secondary N) is 1. The van der Waals surface area contributed by atoms with Crippen molar-refractivity contribution in [1.82, 2.24) is 4.98 Å². The van der Waals surface area contributed by atoms with E-state index >= 15 is 0 Å². The summed E-state index contributed by atoms with van der Waals surface area (Å²) in [7, 11) is 1.86. The predicted molar refractivity (Wildman–Crippen MR) is 47.6 cm³/mol. The van der Waals surface area contributed by atoms with Gasteiger partial charge in [-0.05, 0) is 18.1 Å². The van der Waals surface area contributed by atoms with Crippen LogP contribution in [-0.4, -0.2) is 12.0 Å². The Morgan fingerprint density at radius 2 is 2.36 bits per heavy atom. The van der Waals surface area contributed by atoms with E-state index in [0.717, 1.165) is 23.5 Å².